The van der Waals surface area contributed by atoms with Crippen LogP contribution in [0.5, 0.6) is 0 Å². The van der Waals surface area contributed by atoms with Crippen molar-refractivity contribution in [3.63, 3.8) is 0 Å². The van der Waals surface area contributed by atoms with Crippen molar-refractivity contribution in [3.8, 4) is 0 Å². The zero-order chi connectivity index (χ0) is 14.0. The number of amides is 1. The molecule has 0 aliphatic carbocycles. The lowest BCUT2D eigenvalue weighted by atomic mass is 10.2. The lowest BCUT2D eigenvalue weighted by Gasteiger charge is -2.19. The van der Waals surface area contributed by atoms with Crippen molar-refractivity contribution in [2.45, 2.75) is 25.1 Å². The summed E-state index contributed by atoms with van der Waals surface area (Å²) in [5.41, 5.74) is 5.55. The number of imidazole rings is 1. The predicted molar refractivity (Wildman–Crippen MR) is 64.4 cm³/mol. The van der Waals surface area contributed by atoms with E-state index < -0.39 is 24.0 Å². The van der Waals surface area contributed by atoms with E-state index in [0.717, 1.165) is 4.90 Å². The van der Waals surface area contributed by atoms with Gasteiger partial charge in [-0.1, -0.05) is 0 Å². The van der Waals surface area contributed by atoms with Crippen LogP contribution >= 0.6 is 0 Å². The van der Waals surface area contributed by atoms with E-state index in [1.165, 1.54) is 12.5 Å². The normalized spacial score (nSPS) is 22.7. The Hall–Kier alpha value is -1.93. The minimum atomic E-state index is -1.12. The number of hydrogen-bond acceptors (Lipinski definition) is 5. The van der Waals surface area contributed by atoms with E-state index in [1.807, 2.05) is 0 Å². The Morgan fingerprint density at radius 2 is 2.26 bits per heavy atom. The molecule has 1 fully saturated rings. The molecule has 2 rings (SSSR count). The third-order valence-corrected chi connectivity index (χ3v) is 3.06. The van der Waals surface area contributed by atoms with Crippen LogP contribution in [0, 0.1) is 0 Å². The molecule has 8 heteroatoms. The molecule has 2 atom stereocenters. The first kappa shape index (κ1) is 13.5. The molecule has 2 heterocycles. The van der Waals surface area contributed by atoms with Crippen LogP contribution in [0.25, 0.3) is 0 Å². The predicted octanol–water partition coefficient (Wildman–Crippen LogP) is -1.50. The van der Waals surface area contributed by atoms with Gasteiger partial charge in [0.15, 0.2) is 0 Å². The summed E-state index contributed by atoms with van der Waals surface area (Å²) >= 11 is 0. The first-order chi connectivity index (χ1) is 9.02. The van der Waals surface area contributed by atoms with Gasteiger partial charge in [-0.15, -0.1) is 0 Å². The molecule has 1 aliphatic heterocycles. The maximum Gasteiger partial charge on any atom is 0.326 e. The minimum Gasteiger partial charge on any atom is -0.480 e. The van der Waals surface area contributed by atoms with E-state index in [4.69, 9.17) is 10.8 Å². The molecule has 0 aromatic carbocycles. The number of nitrogens with zero attached hydrogens (tertiary/aromatic N) is 3. The smallest absolute Gasteiger partial charge is 0.326 e. The number of rotatable bonds is 4. The van der Waals surface area contributed by atoms with Crippen LogP contribution in [-0.2, 0) is 11.3 Å². The molecule has 8 nitrogen and oxygen atoms in total. The average Bonchev–Trinajstić information content (AvgIpc) is 2.95. The second-order valence-electron chi connectivity index (χ2n) is 4.49. The monoisotopic (exact) mass is 268 g/mol. The SMILES string of the molecule is NCCn1cnc(C(=O)N2CC(O)CC2C(=O)O)c1. The number of β-amino-alcohol motifs (C(OH)–C–C–N with tert-alkyl or cyclic N) is 1. The summed E-state index contributed by atoms with van der Waals surface area (Å²) in [6.45, 7) is 0.967. The minimum absolute atomic E-state index is 0.0134. The van der Waals surface area contributed by atoms with Gasteiger partial charge in [-0.2, -0.15) is 0 Å². The molecular weight excluding hydrogens is 252 g/mol. The van der Waals surface area contributed by atoms with Gasteiger partial charge in [0, 0.05) is 32.3 Å². The molecule has 0 bridgehead atoms. The van der Waals surface area contributed by atoms with Crippen molar-refractivity contribution in [2.75, 3.05) is 13.1 Å². The number of aliphatic carboxylic acids is 1. The number of carboxylic acids is 1. The van der Waals surface area contributed by atoms with Crippen molar-refractivity contribution >= 4 is 11.9 Å². The number of aromatic nitrogens is 2. The summed E-state index contributed by atoms with van der Waals surface area (Å²) in [4.78, 5) is 28.3. The highest BCUT2D eigenvalue weighted by Crippen LogP contribution is 2.20. The van der Waals surface area contributed by atoms with E-state index >= 15 is 0 Å². The third kappa shape index (κ3) is 2.74. The second kappa shape index (κ2) is 5.37. The van der Waals surface area contributed by atoms with Crippen molar-refractivity contribution < 1.29 is 19.8 Å². The summed E-state index contributed by atoms with van der Waals surface area (Å²) in [6.07, 6.45) is 2.24. The molecule has 0 saturated carbocycles. The first-order valence-corrected chi connectivity index (χ1v) is 5.96. The van der Waals surface area contributed by atoms with Crippen molar-refractivity contribution in [1.82, 2.24) is 14.5 Å². The molecule has 0 spiro atoms. The van der Waals surface area contributed by atoms with Crippen LogP contribution < -0.4 is 5.73 Å². The van der Waals surface area contributed by atoms with Crippen LogP contribution in [-0.4, -0.2) is 61.8 Å². The standard InChI is InChI=1S/C11H16N4O4/c12-1-2-14-5-8(13-6-14)10(17)15-4-7(16)3-9(15)11(18)19/h5-7,9,16H,1-4,12H2,(H,18,19). The largest absolute Gasteiger partial charge is 0.480 e. The van der Waals surface area contributed by atoms with Gasteiger partial charge < -0.3 is 25.4 Å². The first-order valence-electron chi connectivity index (χ1n) is 5.96. The van der Waals surface area contributed by atoms with Gasteiger partial charge >= 0.3 is 5.97 Å². The number of carbonyl (C=O) groups is 2. The van der Waals surface area contributed by atoms with E-state index in [1.54, 1.807) is 4.57 Å². The fraction of sp³-hybridized carbons (Fsp3) is 0.545. The van der Waals surface area contributed by atoms with Crippen LogP contribution in [0.15, 0.2) is 12.5 Å². The second-order valence-corrected chi connectivity index (χ2v) is 4.49. The number of likely N-dealkylation sites (tertiary alicyclic amines) is 1. The quantitative estimate of drug-likeness (QED) is 0.611. The maximum absolute atomic E-state index is 12.2. The van der Waals surface area contributed by atoms with Crippen LogP contribution in [0.2, 0.25) is 0 Å². The highest BCUT2D eigenvalue weighted by molar-refractivity contribution is 5.95. The number of carboxylic acid groups (broad SMARTS) is 1. The molecule has 0 radical (unpaired) electrons. The molecule has 104 valence electrons. The molecule has 2 unspecified atom stereocenters. The highest BCUT2D eigenvalue weighted by atomic mass is 16.4. The number of aliphatic hydroxyl groups excluding tert-OH is 1. The highest BCUT2D eigenvalue weighted by Gasteiger charge is 2.39. The van der Waals surface area contributed by atoms with Gasteiger partial charge in [0.2, 0.25) is 0 Å². The van der Waals surface area contributed by atoms with Gasteiger partial charge in [0.25, 0.3) is 5.91 Å². The van der Waals surface area contributed by atoms with E-state index in [0.29, 0.717) is 13.1 Å². The van der Waals surface area contributed by atoms with E-state index in [9.17, 15) is 14.7 Å². The number of carbonyl (C=O) groups excluding carboxylic acids is 1. The topological polar surface area (TPSA) is 122 Å². The summed E-state index contributed by atoms with van der Waals surface area (Å²) in [6, 6.07) is -0.998. The molecule has 1 aliphatic rings. The number of hydrogen-bond donors (Lipinski definition) is 3. The van der Waals surface area contributed by atoms with E-state index in [2.05, 4.69) is 4.98 Å². The third-order valence-electron chi connectivity index (χ3n) is 3.06. The summed E-state index contributed by atoms with van der Waals surface area (Å²) in [7, 11) is 0. The van der Waals surface area contributed by atoms with Crippen LogP contribution in [0.4, 0.5) is 0 Å². The van der Waals surface area contributed by atoms with Gasteiger partial charge in [-0.25, -0.2) is 9.78 Å². The molecule has 1 aromatic rings. The average molecular weight is 268 g/mol. The summed E-state index contributed by atoms with van der Waals surface area (Å²) in [5, 5.41) is 18.5. The van der Waals surface area contributed by atoms with Gasteiger partial charge in [0.1, 0.15) is 11.7 Å². The Balaban J connectivity index is 2.15. The number of aliphatic hydroxyl groups is 1. The van der Waals surface area contributed by atoms with Crippen molar-refractivity contribution in [1.29, 1.82) is 0 Å². The van der Waals surface area contributed by atoms with Crippen LogP contribution in [0.1, 0.15) is 16.9 Å². The lowest BCUT2D eigenvalue weighted by Crippen LogP contribution is -2.40. The maximum atomic E-state index is 12.2. The zero-order valence-electron chi connectivity index (χ0n) is 10.3. The zero-order valence-corrected chi connectivity index (χ0v) is 10.3. The molecular formula is C11H16N4O4. The molecule has 4 N–H and O–H groups in total. The van der Waals surface area contributed by atoms with Gasteiger partial charge in [-0.3, -0.25) is 4.79 Å². The molecule has 1 amide bonds. The summed E-state index contributed by atoms with van der Waals surface area (Å²) < 4.78 is 1.66. The number of nitrogens with two attached hydrogens (primary N) is 1. The Kier molecular flexibility index (Phi) is 3.82. The Labute approximate surface area is 109 Å². The van der Waals surface area contributed by atoms with Crippen LogP contribution in [0.3, 0.4) is 0 Å². The summed E-state index contributed by atoms with van der Waals surface area (Å²) in [5.74, 6) is -1.61. The van der Waals surface area contributed by atoms with Gasteiger partial charge in [0.05, 0.1) is 12.4 Å². The van der Waals surface area contributed by atoms with Gasteiger partial charge in [-0.05, 0) is 0 Å². The fourth-order valence-electron chi connectivity index (χ4n) is 2.16. The Bertz CT molecular complexity index is 487. The molecule has 1 aromatic heterocycles. The molecule has 19 heavy (non-hydrogen) atoms. The Morgan fingerprint density at radius 3 is 2.89 bits per heavy atom. The Morgan fingerprint density at radius 1 is 1.53 bits per heavy atom. The fourth-order valence-corrected chi connectivity index (χ4v) is 2.16. The lowest BCUT2D eigenvalue weighted by molar-refractivity contribution is -0.141. The van der Waals surface area contributed by atoms with E-state index in [-0.39, 0.29) is 18.7 Å². The molecule has 1 saturated heterocycles. The van der Waals surface area contributed by atoms with Crippen molar-refractivity contribution in [3.05, 3.63) is 18.2 Å². The van der Waals surface area contributed by atoms with Crippen molar-refractivity contribution in [2.24, 2.45) is 5.73 Å².